The summed E-state index contributed by atoms with van der Waals surface area (Å²) >= 11 is 1.85. The smallest absolute Gasteiger partial charge is 0.164 e. The summed E-state index contributed by atoms with van der Waals surface area (Å²) < 4.78 is 6.23. The minimum absolute atomic E-state index is 0.127. The van der Waals surface area contributed by atoms with Gasteiger partial charge in [-0.1, -0.05) is 129 Å². The molecule has 0 radical (unpaired) electrons. The number of furan rings is 1. The topological polar surface area (TPSA) is 51.8 Å². The van der Waals surface area contributed by atoms with Crippen LogP contribution in [-0.2, 0) is 5.41 Å². The Morgan fingerprint density at radius 3 is 1.98 bits per heavy atom. The normalized spacial score (nSPS) is 13.4. The van der Waals surface area contributed by atoms with Gasteiger partial charge in [0.15, 0.2) is 17.5 Å². The van der Waals surface area contributed by atoms with Gasteiger partial charge in [0, 0.05) is 42.7 Å². The largest absolute Gasteiger partial charge is 0.456 e. The molecule has 1 aliphatic heterocycles. The van der Waals surface area contributed by atoms with Crippen molar-refractivity contribution in [3.8, 4) is 45.3 Å². The zero-order valence-electron chi connectivity index (χ0n) is 25.9. The van der Waals surface area contributed by atoms with Gasteiger partial charge in [0.2, 0.25) is 0 Å². The fourth-order valence-electron chi connectivity index (χ4n) is 6.75. The second kappa shape index (κ2) is 10.8. The minimum Gasteiger partial charge on any atom is -0.456 e. The van der Waals surface area contributed by atoms with Crippen molar-refractivity contribution in [3.63, 3.8) is 0 Å². The molecule has 2 aromatic heterocycles. The molecule has 47 heavy (non-hydrogen) atoms. The highest BCUT2D eigenvalue weighted by Crippen LogP contribution is 2.50. The summed E-state index contributed by atoms with van der Waals surface area (Å²) in [6, 6.07) is 48.4. The molecule has 6 aromatic carbocycles. The van der Waals surface area contributed by atoms with Crippen LogP contribution in [0.3, 0.4) is 0 Å². The van der Waals surface area contributed by atoms with E-state index in [0.29, 0.717) is 17.5 Å². The monoisotopic (exact) mass is 623 g/mol. The van der Waals surface area contributed by atoms with Crippen LogP contribution in [-0.4, -0.2) is 15.0 Å². The van der Waals surface area contributed by atoms with Crippen LogP contribution in [0.5, 0.6) is 0 Å². The van der Waals surface area contributed by atoms with Crippen molar-refractivity contribution < 1.29 is 4.42 Å². The molecule has 224 valence electrons. The first-order chi connectivity index (χ1) is 23.0. The third-order valence-corrected chi connectivity index (χ3v) is 10.4. The van der Waals surface area contributed by atoms with Crippen LogP contribution in [0.1, 0.15) is 25.0 Å². The third-order valence-electron chi connectivity index (χ3n) is 9.22. The molecular formula is C42H29N3OS. The van der Waals surface area contributed by atoms with Gasteiger partial charge in [-0.25, -0.2) is 15.0 Å². The van der Waals surface area contributed by atoms with Gasteiger partial charge < -0.3 is 4.42 Å². The lowest BCUT2D eigenvalue weighted by Gasteiger charge is -2.35. The number of rotatable bonds is 4. The second-order valence-corrected chi connectivity index (χ2v) is 13.5. The molecule has 0 saturated carbocycles. The van der Waals surface area contributed by atoms with Crippen molar-refractivity contribution in [1.29, 1.82) is 0 Å². The summed E-state index contributed by atoms with van der Waals surface area (Å²) in [4.78, 5) is 17.8. The molecule has 0 aliphatic carbocycles. The molecule has 4 nitrogen and oxygen atoms in total. The SMILES string of the molecule is CC1(C)c2ccccc2Sc2ccc(-c3ccccc3-c3nc(-c4ccccc4)nc(-c4ccc5c(c4)oc4ccccc45)n3)cc21. The van der Waals surface area contributed by atoms with E-state index in [1.165, 1.54) is 20.9 Å². The van der Waals surface area contributed by atoms with Crippen LogP contribution in [0.4, 0.5) is 0 Å². The van der Waals surface area contributed by atoms with Gasteiger partial charge in [0.25, 0.3) is 0 Å². The predicted molar refractivity (Wildman–Crippen MR) is 192 cm³/mol. The van der Waals surface area contributed by atoms with Crippen LogP contribution in [0.15, 0.2) is 154 Å². The Morgan fingerprint density at radius 1 is 0.468 bits per heavy atom. The van der Waals surface area contributed by atoms with E-state index in [2.05, 4.69) is 98.8 Å². The molecular weight excluding hydrogens is 595 g/mol. The summed E-state index contributed by atoms with van der Waals surface area (Å²) in [5.41, 5.74) is 9.23. The fourth-order valence-corrected chi connectivity index (χ4v) is 8.12. The Balaban J connectivity index is 1.21. The highest BCUT2D eigenvalue weighted by molar-refractivity contribution is 7.99. The third kappa shape index (κ3) is 4.65. The average molecular weight is 624 g/mol. The van der Waals surface area contributed by atoms with Crippen molar-refractivity contribution in [3.05, 3.63) is 151 Å². The van der Waals surface area contributed by atoms with Gasteiger partial charge in [0.1, 0.15) is 11.2 Å². The molecule has 1 aliphatic rings. The van der Waals surface area contributed by atoms with Crippen LogP contribution in [0.2, 0.25) is 0 Å². The second-order valence-electron chi connectivity index (χ2n) is 12.5. The van der Waals surface area contributed by atoms with Crippen molar-refractivity contribution in [2.75, 3.05) is 0 Å². The molecule has 0 amide bonds. The van der Waals surface area contributed by atoms with Gasteiger partial charge in [-0.05, 0) is 58.7 Å². The zero-order chi connectivity index (χ0) is 31.5. The Kier molecular flexibility index (Phi) is 6.37. The van der Waals surface area contributed by atoms with Gasteiger partial charge in [-0.2, -0.15) is 0 Å². The Morgan fingerprint density at radius 2 is 1.11 bits per heavy atom. The summed E-state index contributed by atoms with van der Waals surface area (Å²) in [7, 11) is 0. The van der Waals surface area contributed by atoms with Crippen molar-refractivity contribution in [1.82, 2.24) is 15.0 Å². The van der Waals surface area contributed by atoms with E-state index in [-0.39, 0.29) is 5.41 Å². The van der Waals surface area contributed by atoms with Crippen LogP contribution < -0.4 is 0 Å². The number of nitrogens with zero attached hydrogens (tertiary/aromatic N) is 3. The molecule has 9 rings (SSSR count). The number of hydrogen-bond acceptors (Lipinski definition) is 5. The summed E-state index contributed by atoms with van der Waals surface area (Å²) in [5, 5.41) is 2.17. The van der Waals surface area contributed by atoms with Crippen molar-refractivity contribution >= 4 is 33.7 Å². The maximum Gasteiger partial charge on any atom is 0.164 e. The van der Waals surface area contributed by atoms with E-state index in [1.54, 1.807) is 0 Å². The molecule has 0 atom stereocenters. The van der Waals surface area contributed by atoms with Crippen LogP contribution >= 0.6 is 11.8 Å². The Labute approximate surface area is 277 Å². The van der Waals surface area contributed by atoms with Crippen LogP contribution in [0.25, 0.3) is 67.2 Å². The Hall–Kier alpha value is -5.52. The predicted octanol–water partition coefficient (Wildman–Crippen LogP) is 11.2. The highest BCUT2D eigenvalue weighted by atomic mass is 32.2. The van der Waals surface area contributed by atoms with Gasteiger partial charge in [-0.3, -0.25) is 0 Å². The number of hydrogen-bond donors (Lipinski definition) is 0. The number of fused-ring (bicyclic) bond motifs is 5. The molecule has 0 saturated heterocycles. The molecule has 0 bridgehead atoms. The van der Waals surface area contributed by atoms with E-state index in [1.807, 2.05) is 66.4 Å². The maximum atomic E-state index is 6.23. The molecule has 0 unspecified atom stereocenters. The quantitative estimate of drug-likeness (QED) is 0.195. The number of aromatic nitrogens is 3. The van der Waals surface area contributed by atoms with Gasteiger partial charge in [-0.15, -0.1) is 0 Å². The standard InChI is InChI=1S/C42H29N3OS/c1-42(2)33-17-9-11-19-37(33)47-38-23-21-27(24-34(38)42)29-14-6-7-16-32(29)41-44-39(26-12-4-3-5-13-26)43-40(45-41)28-20-22-31-30-15-8-10-18-35(30)46-36(31)25-28/h3-25H,1-2H3. The molecule has 5 heteroatoms. The summed E-state index contributed by atoms with van der Waals surface area (Å²) in [5.74, 6) is 1.86. The first-order valence-electron chi connectivity index (χ1n) is 15.8. The first-order valence-corrected chi connectivity index (χ1v) is 16.6. The fraction of sp³-hybridized carbons (Fsp3) is 0.0714. The molecule has 3 heterocycles. The van der Waals surface area contributed by atoms with Crippen LogP contribution in [0, 0.1) is 0 Å². The lowest BCUT2D eigenvalue weighted by molar-refractivity contribution is 0.607. The van der Waals surface area contributed by atoms with E-state index in [9.17, 15) is 0 Å². The molecule has 8 aromatic rings. The maximum absolute atomic E-state index is 6.23. The summed E-state index contributed by atoms with van der Waals surface area (Å²) in [6.07, 6.45) is 0. The lowest BCUT2D eigenvalue weighted by atomic mass is 9.77. The minimum atomic E-state index is -0.127. The Bertz CT molecular complexity index is 2480. The number of benzene rings is 6. The van der Waals surface area contributed by atoms with E-state index < -0.39 is 0 Å². The van der Waals surface area contributed by atoms with E-state index in [4.69, 9.17) is 19.4 Å². The molecule has 0 spiro atoms. The van der Waals surface area contributed by atoms with E-state index in [0.717, 1.165) is 49.8 Å². The lowest BCUT2D eigenvalue weighted by Crippen LogP contribution is -2.23. The van der Waals surface area contributed by atoms with E-state index >= 15 is 0 Å². The number of para-hydroxylation sites is 1. The average Bonchev–Trinajstić information content (AvgIpc) is 3.50. The first kappa shape index (κ1) is 27.8. The van der Waals surface area contributed by atoms with Crippen molar-refractivity contribution in [2.24, 2.45) is 0 Å². The van der Waals surface area contributed by atoms with Gasteiger partial charge in [0.05, 0.1) is 0 Å². The molecule has 0 N–H and O–H groups in total. The summed E-state index contributed by atoms with van der Waals surface area (Å²) in [6.45, 7) is 4.65. The van der Waals surface area contributed by atoms with Crippen molar-refractivity contribution in [2.45, 2.75) is 29.1 Å². The highest BCUT2D eigenvalue weighted by Gasteiger charge is 2.33. The van der Waals surface area contributed by atoms with Gasteiger partial charge >= 0.3 is 0 Å². The molecule has 0 fully saturated rings. The zero-order valence-corrected chi connectivity index (χ0v) is 26.8.